The van der Waals surface area contributed by atoms with E-state index in [1.165, 1.54) is 0 Å². The van der Waals surface area contributed by atoms with Crippen molar-refractivity contribution >= 4 is 12.6 Å². The second-order valence-corrected chi connectivity index (χ2v) is 2.66. The summed E-state index contributed by atoms with van der Waals surface area (Å²) in [5.74, 6) is 0. The van der Waals surface area contributed by atoms with E-state index in [1.807, 2.05) is 0 Å². The van der Waals surface area contributed by atoms with Crippen LogP contribution in [0.2, 0.25) is 0 Å². The van der Waals surface area contributed by atoms with Crippen LogP contribution in [-0.2, 0) is 4.74 Å². The highest BCUT2D eigenvalue weighted by atomic mass is 32.1. The SMILES string of the molecule is NC[C@H]1OCC[C@H]1S. The molecule has 48 valence electrons. The van der Waals surface area contributed by atoms with Gasteiger partial charge in [-0.3, -0.25) is 0 Å². The Balaban J connectivity index is 2.30. The monoisotopic (exact) mass is 133 g/mol. The average Bonchev–Trinajstić information content (AvgIpc) is 2.14. The molecule has 0 bridgehead atoms. The van der Waals surface area contributed by atoms with Gasteiger partial charge < -0.3 is 10.5 Å². The van der Waals surface area contributed by atoms with Gasteiger partial charge in [0.15, 0.2) is 0 Å². The van der Waals surface area contributed by atoms with E-state index in [4.69, 9.17) is 10.5 Å². The third kappa shape index (κ3) is 1.16. The lowest BCUT2D eigenvalue weighted by molar-refractivity contribution is 0.119. The van der Waals surface area contributed by atoms with Gasteiger partial charge in [-0.1, -0.05) is 0 Å². The minimum absolute atomic E-state index is 0.207. The lowest BCUT2D eigenvalue weighted by Gasteiger charge is -2.08. The summed E-state index contributed by atoms with van der Waals surface area (Å²) >= 11 is 4.26. The fraction of sp³-hybridized carbons (Fsp3) is 1.00. The van der Waals surface area contributed by atoms with Gasteiger partial charge in [-0.15, -0.1) is 0 Å². The molecular weight excluding hydrogens is 122 g/mol. The first-order valence-electron chi connectivity index (χ1n) is 2.84. The second-order valence-electron chi connectivity index (χ2n) is 2.00. The molecule has 0 radical (unpaired) electrons. The minimum Gasteiger partial charge on any atom is -0.376 e. The third-order valence-electron chi connectivity index (χ3n) is 1.41. The van der Waals surface area contributed by atoms with Crippen molar-refractivity contribution in [3.8, 4) is 0 Å². The lowest BCUT2D eigenvalue weighted by Crippen LogP contribution is -2.26. The molecule has 2 atom stereocenters. The van der Waals surface area contributed by atoms with Gasteiger partial charge in [0.25, 0.3) is 0 Å². The molecule has 1 saturated heterocycles. The van der Waals surface area contributed by atoms with Crippen LogP contribution in [0.25, 0.3) is 0 Å². The molecule has 0 spiro atoms. The Bertz CT molecular complexity index is 78.8. The van der Waals surface area contributed by atoms with Gasteiger partial charge in [-0.05, 0) is 6.42 Å². The molecule has 0 aliphatic carbocycles. The van der Waals surface area contributed by atoms with Crippen molar-refractivity contribution in [2.45, 2.75) is 17.8 Å². The zero-order valence-electron chi connectivity index (χ0n) is 4.71. The average molecular weight is 133 g/mol. The number of ether oxygens (including phenoxy) is 1. The number of nitrogens with two attached hydrogens (primary N) is 1. The Hall–Kier alpha value is 0.270. The molecule has 0 amide bonds. The van der Waals surface area contributed by atoms with E-state index in [0.717, 1.165) is 13.0 Å². The first kappa shape index (κ1) is 6.39. The predicted molar refractivity (Wildman–Crippen MR) is 36.2 cm³/mol. The molecule has 1 rings (SSSR count). The summed E-state index contributed by atoms with van der Waals surface area (Å²) in [4.78, 5) is 0. The van der Waals surface area contributed by atoms with Crippen LogP contribution < -0.4 is 5.73 Å². The molecule has 1 fully saturated rings. The molecular formula is C5H11NOS. The summed E-state index contributed by atoms with van der Waals surface area (Å²) in [6.45, 7) is 1.43. The van der Waals surface area contributed by atoms with Crippen molar-refractivity contribution in [3.05, 3.63) is 0 Å². The molecule has 0 aromatic heterocycles. The van der Waals surface area contributed by atoms with Crippen molar-refractivity contribution < 1.29 is 4.74 Å². The first-order chi connectivity index (χ1) is 3.84. The first-order valence-corrected chi connectivity index (χ1v) is 3.36. The van der Waals surface area contributed by atoms with Crippen LogP contribution in [0.4, 0.5) is 0 Å². The summed E-state index contributed by atoms with van der Waals surface area (Å²) in [5, 5.41) is 0.375. The van der Waals surface area contributed by atoms with Gasteiger partial charge in [-0.2, -0.15) is 12.6 Å². The van der Waals surface area contributed by atoms with Crippen LogP contribution in [0.3, 0.4) is 0 Å². The van der Waals surface area contributed by atoms with E-state index >= 15 is 0 Å². The van der Waals surface area contributed by atoms with Gasteiger partial charge in [0.2, 0.25) is 0 Å². The Morgan fingerprint density at radius 2 is 2.50 bits per heavy atom. The normalized spacial score (nSPS) is 38.2. The quantitative estimate of drug-likeness (QED) is 0.495. The van der Waals surface area contributed by atoms with Gasteiger partial charge in [-0.25, -0.2) is 0 Å². The van der Waals surface area contributed by atoms with Crippen LogP contribution >= 0.6 is 12.6 Å². The van der Waals surface area contributed by atoms with Crippen molar-refractivity contribution in [3.63, 3.8) is 0 Å². The molecule has 1 aliphatic heterocycles. The van der Waals surface area contributed by atoms with E-state index < -0.39 is 0 Å². The highest BCUT2D eigenvalue weighted by Gasteiger charge is 2.22. The largest absolute Gasteiger partial charge is 0.376 e. The Labute approximate surface area is 54.8 Å². The van der Waals surface area contributed by atoms with E-state index in [2.05, 4.69) is 12.6 Å². The number of thiol groups is 1. The minimum atomic E-state index is 0.207. The summed E-state index contributed by atoms with van der Waals surface area (Å²) in [6.07, 6.45) is 1.25. The zero-order chi connectivity index (χ0) is 5.98. The van der Waals surface area contributed by atoms with Crippen LogP contribution in [0.1, 0.15) is 6.42 Å². The van der Waals surface area contributed by atoms with Gasteiger partial charge in [0.05, 0.1) is 6.10 Å². The maximum atomic E-state index is 5.35. The molecule has 2 nitrogen and oxygen atoms in total. The molecule has 8 heavy (non-hydrogen) atoms. The van der Waals surface area contributed by atoms with E-state index in [0.29, 0.717) is 11.8 Å². The van der Waals surface area contributed by atoms with E-state index in [9.17, 15) is 0 Å². The van der Waals surface area contributed by atoms with Crippen molar-refractivity contribution in [1.29, 1.82) is 0 Å². The standard InChI is InChI=1S/C5H11NOS/c6-3-4-5(8)1-2-7-4/h4-5,8H,1-3,6H2/t4-,5-/m1/s1. The fourth-order valence-electron chi connectivity index (χ4n) is 0.862. The van der Waals surface area contributed by atoms with Crippen LogP contribution in [-0.4, -0.2) is 24.5 Å². The Kier molecular flexibility index (Phi) is 2.16. The Morgan fingerprint density at radius 3 is 2.75 bits per heavy atom. The van der Waals surface area contributed by atoms with Crippen LogP contribution in [0, 0.1) is 0 Å². The number of hydrogen-bond donors (Lipinski definition) is 2. The van der Waals surface area contributed by atoms with Crippen molar-refractivity contribution in [1.82, 2.24) is 0 Å². The highest BCUT2D eigenvalue weighted by Crippen LogP contribution is 2.17. The molecule has 0 unspecified atom stereocenters. The van der Waals surface area contributed by atoms with E-state index in [1.54, 1.807) is 0 Å². The summed E-state index contributed by atoms with van der Waals surface area (Å²) in [7, 11) is 0. The predicted octanol–water partition coefficient (Wildman–Crippen LogP) is 0.0324. The lowest BCUT2D eigenvalue weighted by atomic mass is 10.2. The van der Waals surface area contributed by atoms with Crippen molar-refractivity contribution in [2.24, 2.45) is 5.73 Å². The summed E-state index contributed by atoms with van der Waals surface area (Å²) < 4.78 is 5.21. The molecule has 2 N–H and O–H groups in total. The van der Waals surface area contributed by atoms with Gasteiger partial charge >= 0.3 is 0 Å². The zero-order valence-corrected chi connectivity index (χ0v) is 5.60. The van der Waals surface area contributed by atoms with Gasteiger partial charge in [0, 0.05) is 18.4 Å². The molecule has 0 saturated carbocycles. The van der Waals surface area contributed by atoms with E-state index in [-0.39, 0.29) is 6.10 Å². The summed E-state index contributed by atoms with van der Waals surface area (Å²) in [6, 6.07) is 0. The van der Waals surface area contributed by atoms with Crippen molar-refractivity contribution in [2.75, 3.05) is 13.2 Å². The second kappa shape index (κ2) is 2.71. The maximum Gasteiger partial charge on any atom is 0.0813 e. The maximum absolute atomic E-state index is 5.35. The molecule has 0 aromatic rings. The Morgan fingerprint density at radius 1 is 1.75 bits per heavy atom. The highest BCUT2D eigenvalue weighted by molar-refractivity contribution is 7.81. The smallest absolute Gasteiger partial charge is 0.0813 e. The molecule has 0 aromatic carbocycles. The molecule has 1 heterocycles. The molecule has 3 heteroatoms. The number of rotatable bonds is 1. The third-order valence-corrected chi connectivity index (χ3v) is 2.00. The van der Waals surface area contributed by atoms with Gasteiger partial charge in [0.1, 0.15) is 0 Å². The van der Waals surface area contributed by atoms with Crippen LogP contribution in [0.15, 0.2) is 0 Å². The summed E-state index contributed by atoms with van der Waals surface area (Å²) in [5.41, 5.74) is 5.35. The number of hydrogen-bond acceptors (Lipinski definition) is 3. The topological polar surface area (TPSA) is 35.2 Å². The molecule has 1 aliphatic rings. The van der Waals surface area contributed by atoms with Crippen LogP contribution in [0.5, 0.6) is 0 Å². The fourth-order valence-corrected chi connectivity index (χ4v) is 1.18.